The number of methoxy groups -OCH3 is 1. The minimum absolute atomic E-state index is 0.205. The van der Waals surface area contributed by atoms with Gasteiger partial charge in [-0.1, -0.05) is 5.21 Å². The van der Waals surface area contributed by atoms with Crippen molar-refractivity contribution < 1.29 is 9.53 Å². The van der Waals surface area contributed by atoms with Crippen molar-refractivity contribution in [2.75, 3.05) is 7.11 Å². The zero-order valence-electron chi connectivity index (χ0n) is 10.0. The first-order valence-electron chi connectivity index (χ1n) is 5.57. The number of carbonyl (C=O) groups excluding carboxylic acids is 1. The molecule has 0 unspecified atom stereocenters. The molecule has 5 heteroatoms. The zero-order chi connectivity index (χ0) is 12.3. The number of ketones is 1. The number of ether oxygens (including phenoxy) is 1. The van der Waals surface area contributed by atoms with E-state index in [1.807, 2.05) is 22.9 Å². The van der Waals surface area contributed by atoms with E-state index in [2.05, 4.69) is 10.3 Å². The molecule has 0 radical (unpaired) electrons. The molecule has 0 atom stereocenters. The van der Waals surface area contributed by atoms with Crippen molar-refractivity contribution in [1.82, 2.24) is 15.0 Å². The van der Waals surface area contributed by atoms with Crippen molar-refractivity contribution in [3.63, 3.8) is 0 Å². The van der Waals surface area contributed by atoms with Crippen molar-refractivity contribution in [3.8, 4) is 5.75 Å². The molecule has 0 fully saturated rings. The highest BCUT2D eigenvalue weighted by atomic mass is 16.5. The van der Waals surface area contributed by atoms with Gasteiger partial charge in [-0.05, 0) is 25.5 Å². The summed E-state index contributed by atoms with van der Waals surface area (Å²) in [5.74, 6) is 0.976. The second kappa shape index (κ2) is 4.95. The fourth-order valence-electron chi connectivity index (χ4n) is 1.72. The predicted octanol–water partition coefficient (Wildman–Crippen LogP) is 1.81. The lowest BCUT2D eigenvalue weighted by atomic mass is 10.2. The van der Waals surface area contributed by atoms with Gasteiger partial charge in [0.05, 0.1) is 12.6 Å². The van der Waals surface area contributed by atoms with Crippen LogP contribution in [-0.4, -0.2) is 27.9 Å². The number of aromatic nitrogens is 3. The fraction of sp³-hybridized carbons (Fsp3) is 0.417. The van der Waals surface area contributed by atoms with Crippen molar-refractivity contribution in [2.24, 2.45) is 0 Å². The largest absolute Gasteiger partial charge is 0.497 e. The number of carbonyl (C=O) groups is 1. The van der Waals surface area contributed by atoms with E-state index in [4.69, 9.17) is 4.74 Å². The lowest BCUT2D eigenvalue weighted by molar-refractivity contribution is -0.117. The lowest BCUT2D eigenvalue weighted by Crippen LogP contribution is -2.02. The Kier molecular flexibility index (Phi) is 3.37. The van der Waals surface area contributed by atoms with Gasteiger partial charge in [-0.15, -0.1) is 5.10 Å². The van der Waals surface area contributed by atoms with Crippen LogP contribution in [0.25, 0.3) is 11.0 Å². The van der Waals surface area contributed by atoms with Gasteiger partial charge in [-0.2, -0.15) is 0 Å². The Hall–Kier alpha value is -1.91. The normalized spacial score (nSPS) is 10.7. The third-order valence-electron chi connectivity index (χ3n) is 2.62. The van der Waals surface area contributed by atoms with E-state index in [1.165, 1.54) is 0 Å². The van der Waals surface area contributed by atoms with E-state index < -0.39 is 0 Å². The zero-order valence-corrected chi connectivity index (χ0v) is 10.0. The predicted molar refractivity (Wildman–Crippen MR) is 64.0 cm³/mol. The number of hydrogen-bond acceptors (Lipinski definition) is 4. The van der Waals surface area contributed by atoms with Gasteiger partial charge in [-0.25, -0.2) is 4.68 Å². The molecule has 2 aromatic rings. The molecule has 0 aliphatic carbocycles. The molecule has 0 spiro atoms. The number of aryl methyl sites for hydroxylation is 1. The minimum Gasteiger partial charge on any atom is -0.497 e. The molecule has 1 aromatic carbocycles. The number of rotatable bonds is 5. The molecule has 0 saturated carbocycles. The van der Waals surface area contributed by atoms with Crippen LogP contribution < -0.4 is 4.74 Å². The summed E-state index contributed by atoms with van der Waals surface area (Å²) in [4.78, 5) is 10.9. The van der Waals surface area contributed by atoms with Crippen LogP contribution in [0.15, 0.2) is 18.2 Å². The van der Waals surface area contributed by atoms with Crippen LogP contribution in [0.3, 0.4) is 0 Å². The van der Waals surface area contributed by atoms with E-state index >= 15 is 0 Å². The monoisotopic (exact) mass is 233 g/mol. The van der Waals surface area contributed by atoms with Crippen molar-refractivity contribution in [3.05, 3.63) is 18.2 Å². The van der Waals surface area contributed by atoms with Gasteiger partial charge < -0.3 is 9.53 Å². The van der Waals surface area contributed by atoms with Crippen molar-refractivity contribution >= 4 is 16.8 Å². The quantitative estimate of drug-likeness (QED) is 0.790. The number of nitrogens with zero attached hydrogens (tertiary/aromatic N) is 3. The maximum atomic E-state index is 10.9. The SMILES string of the molecule is COc1ccc2c(c1)nnn2CCCC(C)=O. The maximum Gasteiger partial charge on any atom is 0.129 e. The number of fused-ring (bicyclic) bond motifs is 1. The molecule has 0 aliphatic rings. The van der Waals surface area contributed by atoms with Gasteiger partial charge in [0.2, 0.25) is 0 Å². The molecule has 0 aliphatic heterocycles. The molecule has 5 nitrogen and oxygen atoms in total. The Morgan fingerprint density at radius 3 is 3.00 bits per heavy atom. The highest BCUT2D eigenvalue weighted by Gasteiger charge is 2.05. The van der Waals surface area contributed by atoms with Gasteiger partial charge >= 0.3 is 0 Å². The van der Waals surface area contributed by atoms with E-state index in [0.29, 0.717) is 13.0 Å². The van der Waals surface area contributed by atoms with Crippen LogP contribution in [0.4, 0.5) is 0 Å². The Labute approximate surface area is 99.4 Å². The summed E-state index contributed by atoms with van der Waals surface area (Å²) in [6.45, 7) is 2.31. The summed E-state index contributed by atoms with van der Waals surface area (Å²) in [6.07, 6.45) is 1.37. The summed E-state index contributed by atoms with van der Waals surface area (Å²) < 4.78 is 6.94. The summed E-state index contributed by atoms with van der Waals surface area (Å²) in [7, 11) is 1.62. The number of Topliss-reactive ketones (excluding diaryl/α,β-unsaturated/α-hetero) is 1. The first kappa shape index (κ1) is 11.6. The second-order valence-corrected chi connectivity index (χ2v) is 3.97. The van der Waals surface area contributed by atoms with Crippen molar-refractivity contribution in [1.29, 1.82) is 0 Å². The third-order valence-corrected chi connectivity index (χ3v) is 2.62. The maximum absolute atomic E-state index is 10.9. The number of hydrogen-bond donors (Lipinski definition) is 0. The minimum atomic E-state index is 0.205. The molecule has 17 heavy (non-hydrogen) atoms. The van der Waals surface area contributed by atoms with Crippen LogP contribution >= 0.6 is 0 Å². The fourth-order valence-corrected chi connectivity index (χ4v) is 1.72. The molecule has 90 valence electrons. The van der Waals surface area contributed by atoms with Gasteiger partial charge in [-0.3, -0.25) is 0 Å². The summed E-state index contributed by atoms with van der Waals surface area (Å²) in [6, 6.07) is 5.67. The molecule has 0 bridgehead atoms. The average Bonchev–Trinajstić information content (AvgIpc) is 2.71. The molecule has 0 N–H and O–H groups in total. The second-order valence-electron chi connectivity index (χ2n) is 3.97. The first-order chi connectivity index (χ1) is 8.20. The smallest absolute Gasteiger partial charge is 0.129 e. The Bertz CT molecular complexity index is 534. The standard InChI is InChI=1S/C12H15N3O2/c1-9(16)4-3-7-15-12-6-5-10(17-2)8-11(12)13-14-15/h5-6,8H,3-4,7H2,1-2H3. The van der Waals surface area contributed by atoms with Crippen LogP contribution in [0, 0.1) is 0 Å². The molecular formula is C12H15N3O2. The van der Waals surface area contributed by atoms with Crippen LogP contribution in [0.5, 0.6) is 5.75 Å². The summed E-state index contributed by atoms with van der Waals surface area (Å²) in [5, 5.41) is 8.14. The van der Waals surface area contributed by atoms with Crippen LogP contribution in [-0.2, 0) is 11.3 Å². The Morgan fingerprint density at radius 2 is 2.29 bits per heavy atom. The average molecular weight is 233 g/mol. The van der Waals surface area contributed by atoms with E-state index in [9.17, 15) is 4.79 Å². The molecular weight excluding hydrogens is 218 g/mol. The lowest BCUT2D eigenvalue weighted by Gasteiger charge is -2.01. The van der Waals surface area contributed by atoms with E-state index in [1.54, 1.807) is 14.0 Å². The van der Waals surface area contributed by atoms with Gasteiger partial charge in [0.15, 0.2) is 0 Å². The molecule has 1 heterocycles. The van der Waals surface area contributed by atoms with E-state index in [-0.39, 0.29) is 5.78 Å². The van der Waals surface area contributed by atoms with Crippen LogP contribution in [0.2, 0.25) is 0 Å². The van der Waals surface area contributed by atoms with Crippen molar-refractivity contribution in [2.45, 2.75) is 26.3 Å². The van der Waals surface area contributed by atoms with Gasteiger partial charge in [0, 0.05) is 19.0 Å². The number of benzene rings is 1. The van der Waals surface area contributed by atoms with Gasteiger partial charge in [0.25, 0.3) is 0 Å². The first-order valence-corrected chi connectivity index (χ1v) is 5.57. The molecule has 2 rings (SSSR count). The highest BCUT2D eigenvalue weighted by molar-refractivity contribution is 5.76. The molecule has 0 saturated heterocycles. The Balaban J connectivity index is 2.16. The molecule has 1 aromatic heterocycles. The summed E-state index contributed by atoms with van der Waals surface area (Å²) in [5.41, 5.74) is 1.78. The third kappa shape index (κ3) is 2.61. The van der Waals surface area contributed by atoms with E-state index in [0.717, 1.165) is 23.2 Å². The molecule has 0 amide bonds. The highest BCUT2D eigenvalue weighted by Crippen LogP contribution is 2.18. The topological polar surface area (TPSA) is 57.0 Å². The van der Waals surface area contributed by atoms with Gasteiger partial charge in [0.1, 0.15) is 17.0 Å². The Morgan fingerprint density at radius 1 is 1.47 bits per heavy atom. The summed E-state index contributed by atoms with van der Waals surface area (Å²) >= 11 is 0. The van der Waals surface area contributed by atoms with Crippen LogP contribution in [0.1, 0.15) is 19.8 Å².